The zero-order valence-corrected chi connectivity index (χ0v) is 24.9. The number of carbonyl (C=O) groups is 3. The molecule has 0 heterocycles. The van der Waals surface area contributed by atoms with Gasteiger partial charge in [-0.25, -0.2) is 0 Å². The Hall–Kier alpha value is -1.85. The molecule has 0 amide bonds. The van der Waals surface area contributed by atoms with Crippen molar-refractivity contribution in [3.63, 3.8) is 0 Å². The molecule has 0 aromatic carbocycles. The number of hydrogen-bond donors (Lipinski definition) is 2. The molecular formula is C33H52O6. The van der Waals surface area contributed by atoms with E-state index in [2.05, 4.69) is 40.7 Å². The second-order valence-corrected chi connectivity index (χ2v) is 14.5. The third kappa shape index (κ3) is 6.25. The predicted octanol–water partition coefficient (Wildman–Crippen LogP) is 7.51. The molecule has 39 heavy (non-hydrogen) atoms. The highest BCUT2D eigenvalue weighted by Crippen LogP contribution is 2.67. The van der Waals surface area contributed by atoms with Crippen LogP contribution in [0.25, 0.3) is 0 Å². The lowest BCUT2D eigenvalue weighted by Gasteiger charge is -2.58. The number of rotatable bonds is 11. The van der Waals surface area contributed by atoms with Crippen LogP contribution in [-0.2, 0) is 19.1 Å². The van der Waals surface area contributed by atoms with E-state index in [4.69, 9.17) is 9.84 Å². The van der Waals surface area contributed by atoms with E-state index in [1.165, 1.54) is 50.5 Å². The highest BCUT2D eigenvalue weighted by atomic mass is 16.5. The van der Waals surface area contributed by atoms with Gasteiger partial charge < -0.3 is 14.9 Å². The van der Waals surface area contributed by atoms with Gasteiger partial charge in [-0.1, -0.05) is 65.5 Å². The van der Waals surface area contributed by atoms with E-state index in [0.29, 0.717) is 11.3 Å². The molecular weight excluding hydrogens is 492 g/mol. The van der Waals surface area contributed by atoms with E-state index in [1.54, 1.807) is 0 Å². The first-order chi connectivity index (χ1) is 18.3. The molecule has 0 saturated heterocycles. The van der Waals surface area contributed by atoms with Gasteiger partial charge in [0.1, 0.15) is 6.10 Å². The predicted molar refractivity (Wildman–Crippen MR) is 151 cm³/mol. The molecule has 9 unspecified atom stereocenters. The van der Waals surface area contributed by atoms with Gasteiger partial charge in [0.2, 0.25) is 0 Å². The molecule has 0 aliphatic heterocycles. The summed E-state index contributed by atoms with van der Waals surface area (Å²) in [6, 6.07) is 0. The van der Waals surface area contributed by atoms with Crippen LogP contribution in [0, 0.1) is 52.3 Å². The number of fused-ring (bicyclic) bond motifs is 5. The lowest BCUT2D eigenvalue weighted by molar-refractivity contribution is -0.158. The van der Waals surface area contributed by atoms with E-state index < -0.39 is 36.7 Å². The monoisotopic (exact) mass is 544 g/mol. The first kappa shape index (κ1) is 30.1. The van der Waals surface area contributed by atoms with E-state index in [9.17, 15) is 19.5 Å². The smallest absolute Gasteiger partial charge is 0.307 e. The van der Waals surface area contributed by atoms with Crippen LogP contribution >= 0.6 is 0 Å². The summed E-state index contributed by atoms with van der Waals surface area (Å²) < 4.78 is 5.72. The second kappa shape index (κ2) is 11.9. The highest BCUT2D eigenvalue weighted by molar-refractivity contribution is 5.82. The largest absolute Gasteiger partial charge is 0.481 e. The van der Waals surface area contributed by atoms with Crippen molar-refractivity contribution in [2.75, 3.05) is 0 Å². The topological polar surface area (TPSA) is 101 Å². The lowest BCUT2D eigenvalue weighted by Crippen LogP contribution is -2.51. The molecule has 9 atom stereocenters. The molecule has 2 N–H and O–H groups in total. The summed E-state index contributed by atoms with van der Waals surface area (Å²) >= 11 is 0. The summed E-state index contributed by atoms with van der Waals surface area (Å²) in [6.07, 6.45) is 14.3. The van der Waals surface area contributed by atoms with E-state index in [0.717, 1.165) is 55.3 Å². The average Bonchev–Trinajstić information content (AvgIpc) is 3.20. The van der Waals surface area contributed by atoms with Gasteiger partial charge in [-0.05, 0) is 91.3 Å². The van der Waals surface area contributed by atoms with Crippen molar-refractivity contribution in [1.29, 1.82) is 0 Å². The van der Waals surface area contributed by atoms with Gasteiger partial charge in [-0.2, -0.15) is 0 Å². The van der Waals surface area contributed by atoms with Crippen LogP contribution in [0.3, 0.4) is 0 Å². The number of hydrogen-bond acceptors (Lipinski definition) is 4. The van der Waals surface area contributed by atoms with Gasteiger partial charge in [0.25, 0.3) is 0 Å². The Balaban J connectivity index is 1.38. The molecule has 6 nitrogen and oxygen atoms in total. The average molecular weight is 545 g/mol. The number of aliphatic carboxylic acids is 2. The van der Waals surface area contributed by atoms with E-state index >= 15 is 0 Å². The van der Waals surface area contributed by atoms with Crippen LogP contribution in [0.15, 0.2) is 11.6 Å². The Bertz CT molecular complexity index is 954. The Morgan fingerprint density at radius 1 is 0.974 bits per heavy atom. The maximum atomic E-state index is 12.5. The summed E-state index contributed by atoms with van der Waals surface area (Å²) in [5, 5.41) is 18.2. The first-order valence-corrected chi connectivity index (χ1v) is 15.7. The number of carboxylic acids is 2. The molecule has 3 saturated carbocycles. The number of ether oxygens (including phenoxy) is 1. The van der Waals surface area contributed by atoms with Crippen LogP contribution in [-0.4, -0.2) is 34.2 Å². The van der Waals surface area contributed by atoms with E-state index in [1.807, 2.05) is 0 Å². The maximum Gasteiger partial charge on any atom is 0.307 e. The van der Waals surface area contributed by atoms with Crippen molar-refractivity contribution >= 4 is 17.9 Å². The molecule has 0 bridgehead atoms. The quantitative estimate of drug-likeness (QED) is 0.206. The number of carbonyl (C=O) groups excluding carboxylic acids is 1. The number of esters is 1. The van der Waals surface area contributed by atoms with Crippen molar-refractivity contribution in [2.45, 2.75) is 124 Å². The molecule has 0 radical (unpaired) electrons. The second-order valence-electron chi connectivity index (χ2n) is 14.5. The molecule has 0 spiro atoms. The van der Waals surface area contributed by atoms with Crippen molar-refractivity contribution in [1.82, 2.24) is 0 Å². The summed E-state index contributed by atoms with van der Waals surface area (Å²) in [6.45, 7) is 12.3. The third-order valence-corrected chi connectivity index (χ3v) is 11.7. The fourth-order valence-corrected chi connectivity index (χ4v) is 9.65. The standard InChI is InChI=1S/C33H52O6/c1-20(2)7-6-8-21(3)26-11-12-27-25-10-9-23-19-24(39-30(36)18-22(31(37)38)17-29(34)35)13-15-32(23,4)28(25)14-16-33(26,27)5/h9,20-22,24-28H,6-8,10-19H2,1-5H3,(H,34,35)(H,37,38). The lowest BCUT2D eigenvalue weighted by atomic mass is 9.47. The zero-order valence-electron chi connectivity index (χ0n) is 24.9. The van der Waals surface area contributed by atoms with Crippen LogP contribution in [0.2, 0.25) is 0 Å². The SMILES string of the molecule is CC(C)CCCC(C)C1CCC2C3CC=C4CC(OC(=O)CC(CC(=O)O)C(=O)O)CCC4(C)C3CCC12C. The molecule has 220 valence electrons. The van der Waals surface area contributed by atoms with Gasteiger partial charge in [0.05, 0.1) is 18.8 Å². The Labute approximate surface area is 235 Å². The zero-order chi connectivity index (χ0) is 28.5. The third-order valence-electron chi connectivity index (χ3n) is 11.7. The molecule has 4 aliphatic rings. The van der Waals surface area contributed by atoms with Crippen LogP contribution in [0.1, 0.15) is 118 Å². The summed E-state index contributed by atoms with van der Waals surface area (Å²) in [5.41, 5.74) is 2.04. The van der Waals surface area contributed by atoms with Gasteiger partial charge in [0, 0.05) is 6.42 Å². The fourth-order valence-electron chi connectivity index (χ4n) is 9.65. The van der Waals surface area contributed by atoms with Gasteiger partial charge in [0.15, 0.2) is 0 Å². The van der Waals surface area contributed by atoms with Crippen LogP contribution < -0.4 is 0 Å². The molecule has 0 aromatic heterocycles. The molecule has 0 aromatic rings. The van der Waals surface area contributed by atoms with Gasteiger partial charge >= 0.3 is 17.9 Å². The summed E-state index contributed by atoms with van der Waals surface area (Å²) in [7, 11) is 0. The van der Waals surface area contributed by atoms with Crippen molar-refractivity contribution in [2.24, 2.45) is 52.3 Å². The normalized spacial score (nSPS) is 37.2. The van der Waals surface area contributed by atoms with Crippen molar-refractivity contribution < 1.29 is 29.3 Å². The molecule has 4 rings (SSSR count). The minimum Gasteiger partial charge on any atom is -0.481 e. The molecule has 4 aliphatic carbocycles. The minimum atomic E-state index is -1.27. The molecule has 6 heteroatoms. The van der Waals surface area contributed by atoms with Gasteiger partial charge in [-0.15, -0.1) is 0 Å². The number of allylic oxidation sites excluding steroid dienone is 1. The first-order valence-electron chi connectivity index (χ1n) is 15.7. The van der Waals surface area contributed by atoms with Crippen molar-refractivity contribution in [3.05, 3.63) is 11.6 Å². The Morgan fingerprint density at radius 3 is 2.38 bits per heavy atom. The fraction of sp³-hybridized carbons (Fsp3) is 0.848. The summed E-state index contributed by atoms with van der Waals surface area (Å²) in [4.78, 5) is 34.9. The number of carboxylic acid groups (broad SMARTS) is 2. The molecule has 3 fully saturated rings. The van der Waals surface area contributed by atoms with E-state index in [-0.39, 0.29) is 11.5 Å². The van der Waals surface area contributed by atoms with Gasteiger partial charge in [-0.3, -0.25) is 14.4 Å². The highest BCUT2D eigenvalue weighted by Gasteiger charge is 2.59. The van der Waals surface area contributed by atoms with Crippen molar-refractivity contribution in [3.8, 4) is 0 Å². The maximum absolute atomic E-state index is 12.5. The summed E-state index contributed by atoms with van der Waals surface area (Å²) in [5.74, 6) is 0.357. The minimum absolute atomic E-state index is 0.154. The Kier molecular flexibility index (Phi) is 9.22. The Morgan fingerprint density at radius 2 is 1.72 bits per heavy atom. The van der Waals surface area contributed by atoms with Crippen LogP contribution in [0.5, 0.6) is 0 Å². The van der Waals surface area contributed by atoms with Crippen LogP contribution in [0.4, 0.5) is 0 Å².